The fourth-order valence-electron chi connectivity index (χ4n) is 6.94. The summed E-state index contributed by atoms with van der Waals surface area (Å²) in [4.78, 5) is 61.1. The van der Waals surface area contributed by atoms with Crippen LogP contribution in [0.25, 0.3) is 0 Å². The second kappa shape index (κ2) is 13.8. The van der Waals surface area contributed by atoms with Crippen molar-refractivity contribution in [2.45, 2.75) is 101 Å². The van der Waals surface area contributed by atoms with E-state index in [2.05, 4.69) is 20.3 Å². The number of nitrogens with one attached hydrogen (secondary N) is 3. The summed E-state index contributed by atoms with van der Waals surface area (Å²) in [7, 11) is -3.94. The van der Waals surface area contributed by atoms with Crippen molar-refractivity contribution in [1.29, 1.82) is 0 Å². The van der Waals surface area contributed by atoms with Crippen molar-refractivity contribution in [3.8, 4) is 0 Å². The quantitative estimate of drug-likeness (QED) is 0.290. The van der Waals surface area contributed by atoms with Crippen LogP contribution < -0.4 is 15.4 Å². The lowest BCUT2D eigenvalue weighted by Crippen LogP contribution is -2.58. The van der Waals surface area contributed by atoms with E-state index >= 15 is 0 Å². The molecule has 4 aliphatic rings. The van der Waals surface area contributed by atoms with E-state index in [1.807, 2.05) is 0 Å². The average Bonchev–Trinajstić information content (AvgIpc) is 3.97. The Balaban J connectivity index is 1.24. The zero-order valence-electron chi connectivity index (χ0n) is 28.7. The maximum atomic E-state index is 14.4. The number of hydrogen-bond donors (Lipinski definition) is 3. The Hall–Kier alpha value is -4.48. The van der Waals surface area contributed by atoms with Gasteiger partial charge in [-0.2, -0.15) is 13.2 Å². The molecule has 4 amide bonds. The Morgan fingerprint density at radius 1 is 1.12 bits per heavy atom. The molecule has 1 aromatic heterocycles. The van der Waals surface area contributed by atoms with E-state index in [9.17, 15) is 45.2 Å². The van der Waals surface area contributed by atoms with Gasteiger partial charge in [-0.1, -0.05) is 39.3 Å². The Morgan fingerprint density at radius 2 is 1.85 bits per heavy atom. The maximum Gasteiger partial charge on any atom is 0.417 e. The highest BCUT2D eigenvalue weighted by Gasteiger charge is 2.62. The first-order valence-corrected chi connectivity index (χ1v) is 18.7. The number of likely N-dealkylation sites (tertiary alicyclic amines) is 1. The zero-order chi connectivity index (χ0) is 37.7. The number of nitrogens with zero attached hydrogens (tertiary/aromatic N) is 3. The minimum Gasteiger partial charge on any atom is -0.444 e. The lowest BCUT2D eigenvalue weighted by atomic mass is 10.0. The lowest BCUT2D eigenvalue weighted by Gasteiger charge is -2.31. The number of amides is 4. The fourth-order valence-corrected chi connectivity index (χ4v) is 8.31. The molecular weight excluding hydrogens is 712 g/mol. The molecular formula is C34H40F4N6O7S. The molecule has 282 valence electrons. The molecule has 3 fully saturated rings. The third-order valence-corrected chi connectivity index (χ3v) is 12.0. The van der Waals surface area contributed by atoms with Crippen LogP contribution in [0, 0.1) is 17.7 Å². The van der Waals surface area contributed by atoms with Crippen LogP contribution >= 0.6 is 0 Å². The first-order valence-electron chi connectivity index (χ1n) is 17.1. The van der Waals surface area contributed by atoms with Gasteiger partial charge in [0.15, 0.2) is 0 Å². The van der Waals surface area contributed by atoms with Gasteiger partial charge < -0.3 is 20.3 Å². The van der Waals surface area contributed by atoms with E-state index in [0.29, 0.717) is 36.6 Å². The second-order valence-electron chi connectivity index (χ2n) is 14.3. The predicted octanol–water partition coefficient (Wildman–Crippen LogP) is 3.69. The molecule has 1 aromatic carbocycles. The van der Waals surface area contributed by atoms with Gasteiger partial charge in [-0.3, -0.25) is 29.0 Å². The summed E-state index contributed by atoms with van der Waals surface area (Å²) in [6.45, 7) is 4.83. The Morgan fingerprint density at radius 3 is 2.46 bits per heavy atom. The van der Waals surface area contributed by atoms with Crippen LogP contribution in [0.2, 0.25) is 0 Å². The first kappa shape index (κ1) is 37.3. The summed E-state index contributed by atoms with van der Waals surface area (Å²) in [5.74, 6) is -3.75. The highest BCUT2D eigenvalue weighted by molar-refractivity contribution is 7.91. The molecule has 0 radical (unpaired) electrons. The maximum absolute atomic E-state index is 14.4. The molecule has 18 heteroatoms. The second-order valence-corrected chi connectivity index (χ2v) is 16.2. The number of rotatable bonds is 11. The van der Waals surface area contributed by atoms with Crippen molar-refractivity contribution < 1.29 is 49.9 Å². The molecule has 2 saturated carbocycles. The summed E-state index contributed by atoms with van der Waals surface area (Å²) < 4.78 is 87.8. The fraction of sp³-hybridized carbons (Fsp3) is 0.559. The van der Waals surface area contributed by atoms with E-state index < -0.39 is 86.3 Å². The van der Waals surface area contributed by atoms with E-state index in [4.69, 9.17) is 4.74 Å². The van der Waals surface area contributed by atoms with Crippen LogP contribution in [-0.2, 0) is 48.4 Å². The number of ether oxygens (including phenoxy) is 1. The largest absolute Gasteiger partial charge is 0.444 e. The monoisotopic (exact) mass is 752 g/mol. The number of fused-ring (bicyclic) bond motifs is 1. The first-order chi connectivity index (χ1) is 24.4. The average molecular weight is 753 g/mol. The number of benzene rings is 1. The minimum absolute atomic E-state index is 0.0513. The highest BCUT2D eigenvalue weighted by Crippen LogP contribution is 2.47. The summed E-state index contributed by atoms with van der Waals surface area (Å²) in [6.07, 6.45) is -3.54. The Kier molecular flexibility index (Phi) is 9.91. The summed E-state index contributed by atoms with van der Waals surface area (Å²) in [6, 6.07) is 2.81. The van der Waals surface area contributed by atoms with Crippen molar-refractivity contribution in [3.63, 3.8) is 0 Å². The number of hydrogen-bond acceptors (Lipinski definition) is 9. The normalized spacial score (nSPS) is 24.7. The van der Waals surface area contributed by atoms with Gasteiger partial charge in [-0.25, -0.2) is 17.6 Å². The number of sulfonamides is 1. The van der Waals surface area contributed by atoms with Gasteiger partial charge >= 0.3 is 12.3 Å². The van der Waals surface area contributed by atoms with Gasteiger partial charge in [-0.15, -0.1) is 0 Å². The zero-order valence-corrected chi connectivity index (χ0v) is 29.5. The SMILES string of the molecule is CCC1CC1(NC(=O)C1CC(OC(=O)N2Cc3cccc(F)c3C2)CN1C(=O)C(Nc1cncc(C(F)(F)F)c1)C(C)C)C(=O)NS(=O)(=O)C1CC1. The van der Waals surface area contributed by atoms with Gasteiger partial charge in [0.2, 0.25) is 21.8 Å². The number of carbonyl (C=O) groups excluding carboxylic acids is 4. The predicted molar refractivity (Wildman–Crippen MR) is 177 cm³/mol. The molecule has 3 heterocycles. The molecule has 2 aliphatic carbocycles. The Bertz CT molecular complexity index is 1870. The number of pyridine rings is 1. The lowest BCUT2D eigenvalue weighted by molar-refractivity contribution is -0.140. The Labute approximate surface area is 297 Å². The highest BCUT2D eigenvalue weighted by atomic mass is 32.2. The van der Waals surface area contributed by atoms with Gasteiger partial charge in [0, 0.05) is 30.9 Å². The molecule has 1 saturated heterocycles. The summed E-state index contributed by atoms with van der Waals surface area (Å²) in [5, 5.41) is 4.83. The van der Waals surface area contributed by atoms with E-state index in [1.54, 1.807) is 26.8 Å². The molecule has 5 atom stereocenters. The van der Waals surface area contributed by atoms with Crippen LogP contribution in [0.15, 0.2) is 36.7 Å². The molecule has 52 heavy (non-hydrogen) atoms. The summed E-state index contributed by atoms with van der Waals surface area (Å²) >= 11 is 0. The van der Waals surface area contributed by atoms with Crippen molar-refractivity contribution in [3.05, 3.63) is 59.2 Å². The van der Waals surface area contributed by atoms with Gasteiger partial charge in [0.25, 0.3) is 5.91 Å². The minimum atomic E-state index is -4.70. The van der Waals surface area contributed by atoms with Crippen LogP contribution in [-0.4, -0.2) is 82.5 Å². The van der Waals surface area contributed by atoms with Gasteiger partial charge in [-0.05, 0) is 48.8 Å². The van der Waals surface area contributed by atoms with Gasteiger partial charge in [0.05, 0.1) is 29.6 Å². The third kappa shape index (κ3) is 7.52. The van der Waals surface area contributed by atoms with Gasteiger partial charge in [0.1, 0.15) is 29.5 Å². The standard InChI is InChI=1S/C34H40F4N6O7S/c1-4-20-12-33(20,31(47)42-52(49,50)24-8-9-24)41-29(45)27-11-23(51-32(48)43-15-19-6-5-7-26(35)25(19)17-43)16-44(27)30(46)28(18(2)3)40-22-10-21(13-39-14-22)34(36,37)38/h5-7,10,13-14,18,20,23-24,27-28,40H,4,8-9,11-12,15-17H2,1-3H3,(H,41,45)(H,42,47). The van der Waals surface area contributed by atoms with E-state index in [-0.39, 0.29) is 44.1 Å². The van der Waals surface area contributed by atoms with Crippen LogP contribution in [0.5, 0.6) is 0 Å². The number of anilines is 1. The molecule has 13 nitrogen and oxygen atoms in total. The van der Waals surface area contributed by atoms with E-state index in [0.717, 1.165) is 17.2 Å². The van der Waals surface area contributed by atoms with Crippen molar-refractivity contribution in [1.82, 2.24) is 24.8 Å². The molecule has 2 aromatic rings. The molecule has 0 spiro atoms. The number of halogens is 4. The molecule has 3 N–H and O–H groups in total. The van der Waals surface area contributed by atoms with Crippen LogP contribution in [0.3, 0.4) is 0 Å². The topological polar surface area (TPSA) is 167 Å². The number of alkyl halides is 3. The van der Waals surface area contributed by atoms with Crippen molar-refractivity contribution in [2.24, 2.45) is 11.8 Å². The number of aromatic nitrogens is 1. The van der Waals surface area contributed by atoms with Crippen LogP contribution in [0.4, 0.5) is 28.0 Å². The summed E-state index contributed by atoms with van der Waals surface area (Å²) in [5.41, 5.74) is -1.74. The van der Waals surface area contributed by atoms with Crippen molar-refractivity contribution >= 4 is 39.5 Å². The third-order valence-electron chi connectivity index (χ3n) is 10.2. The number of carbonyl (C=O) groups is 4. The van der Waals surface area contributed by atoms with Crippen molar-refractivity contribution in [2.75, 3.05) is 11.9 Å². The molecule has 0 bridgehead atoms. The van der Waals surface area contributed by atoms with E-state index in [1.165, 1.54) is 17.0 Å². The van der Waals surface area contributed by atoms with Crippen LogP contribution in [0.1, 0.15) is 69.6 Å². The smallest absolute Gasteiger partial charge is 0.417 e. The molecule has 6 rings (SSSR count). The molecule has 5 unspecified atom stereocenters. The molecule has 2 aliphatic heterocycles.